The second kappa shape index (κ2) is 12.3. The molecule has 6 nitrogen and oxygen atoms in total. The van der Waals surface area contributed by atoms with Crippen molar-refractivity contribution in [3.63, 3.8) is 0 Å². The topological polar surface area (TPSA) is 78.4 Å². The molecule has 6 heteroatoms. The number of hydrogen-bond acceptors (Lipinski definition) is 3. The number of aliphatic imine (C=N–C) groups is 1. The highest BCUT2D eigenvalue weighted by Crippen LogP contribution is 2.05. The van der Waals surface area contributed by atoms with E-state index in [0.29, 0.717) is 24.7 Å². The molecule has 0 radical (unpaired) electrons. The zero-order valence-corrected chi connectivity index (χ0v) is 15.1. The Morgan fingerprint density at radius 1 is 1.25 bits per heavy atom. The first-order valence-electron chi connectivity index (χ1n) is 8.82. The highest BCUT2D eigenvalue weighted by molar-refractivity contribution is 5.93. The standard InChI is InChI=1S/C18H31N5O/c1-4-5-6-7-9-15(2)23-18(19-3)22-13-12-21-17(24)16-10-8-11-20-14-16/h8,10-11,14-15H,4-7,9,12-13H2,1-3H3,(H,21,24)(H2,19,22,23). The van der Waals surface area contributed by atoms with Gasteiger partial charge in [0, 0.05) is 38.6 Å². The molecular formula is C18H31N5O. The molecule has 1 atom stereocenters. The van der Waals surface area contributed by atoms with Crippen molar-refractivity contribution in [3.8, 4) is 0 Å². The molecule has 134 valence electrons. The van der Waals surface area contributed by atoms with Gasteiger partial charge in [-0.25, -0.2) is 0 Å². The highest BCUT2D eigenvalue weighted by Gasteiger charge is 2.06. The van der Waals surface area contributed by atoms with Crippen molar-refractivity contribution >= 4 is 11.9 Å². The number of aromatic nitrogens is 1. The minimum Gasteiger partial charge on any atom is -0.355 e. The van der Waals surface area contributed by atoms with Crippen LogP contribution in [0.5, 0.6) is 0 Å². The van der Waals surface area contributed by atoms with E-state index in [2.05, 4.69) is 39.8 Å². The summed E-state index contributed by atoms with van der Waals surface area (Å²) in [4.78, 5) is 20.0. The van der Waals surface area contributed by atoms with Gasteiger partial charge in [0.25, 0.3) is 5.91 Å². The zero-order valence-electron chi connectivity index (χ0n) is 15.1. The average Bonchev–Trinajstić information content (AvgIpc) is 2.61. The number of amides is 1. The summed E-state index contributed by atoms with van der Waals surface area (Å²) in [5.74, 6) is 0.658. The SMILES string of the molecule is CCCCCCC(C)NC(=NC)NCCNC(=O)c1cccnc1. The van der Waals surface area contributed by atoms with E-state index < -0.39 is 0 Å². The summed E-state index contributed by atoms with van der Waals surface area (Å²) in [6, 6.07) is 3.88. The number of hydrogen-bond donors (Lipinski definition) is 3. The predicted octanol–water partition coefficient (Wildman–Crippen LogP) is 2.34. The van der Waals surface area contributed by atoms with E-state index in [4.69, 9.17) is 0 Å². The molecular weight excluding hydrogens is 302 g/mol. The summed E-state index contributed by atoms with van der Waals surface area (Å²) in [6.45, 7) is 5.54. The number of guanidine groups is 1. The lowest BCUT2D eigenvalue weighted by molar-refractivity contribution is 0.0954. The number of carbonyl (C=O) groups is 1. The van der Waals surface area contributed by atoms with Gasteiger partial charge in [-0.05, 0) is 25.5 Å². The van der Waals surface area contributed by atoms with Crippen molar-refractivity contribution in [2.45, 2.75) is 52.0 Å². The zero-order chi connectivity index (χ0) is 17.6. The van der Waals surface area contributed by atoms with E-state index >= 15 is 0 Å². The molecule has 1 heterocycles. The lowest BCUT2D eigenvalue weighted by atomic mass is 10.1. The molecule has 1 amide bonds. The molecule has 0 saturated carbocycles. The monoisotopic (exact) mass is 333 g/mol. The van der Waals surface area contributed by atoms with Crippen LogP contribution in [0.2, 0.25) is 0 Å². The van der Waals surface area contributed by atoms with Gasteiger partial charge in [0.2, 0.25) is 0 Å². The van der Waals surface area contributed by atoms with E-state index in [1.807, 2.05) is 0 Å². The van der Waals surface area contributed by atoms with Gasteiger partial charge < -0.3 is 16.0 Å². The first-order valence-corrected chi connectivity index (χ1v) is 8.82. The van der Waals surface area contributed by atoms with Crippen LogP contribution in [0.4, 0.5) is 0 Å². The number of unbranched alkanes of at least 4 members (excludes halogenated alkanes) is 3. The minimum atomic E-state index is -0.114. The van der Waals surface area contributed by atoms with Gasteiger partial charge in [0.05, 0.1) is 5.56 Å². The molecule has 0 bridgehead atoms. The van der Waals surface area contributed by atoms with Gasteiger partial charge in [0.15, 0.2) is 5.96 Å². The Kier molecular flexibility index (Phi) is 10.2. The average molecular weight is 333 g/mol. The van der Waals surface area contributed by atoms with E-state index in [1.165, 1.54) is 25.7 Å². The van der Waals surface area contributed by atoms with E-state index in [9.17, 15) is 4.79 Å². The number of pyridine rings is 1. The maximum atomic E-state index is 11.9. The van der Waals surface area contributed by atoms with E-state index in [-0.39, 0.29) is 5.91 Å². The van der Waals surface area contributed by atoms with Crippen molar-refractivity contribution in [1.82, 2.24) is 20.9 Å². The smallest absolute Gasteiger partial charge is 0.252 e. The van der Waals surface area contributed by atoms with Crippen LogP contribution >= 0.6 is 0 Å². The molecule has 24 heavy (non-hydrogen) atoms. The largest absolute Gasteiger partial charge is 0.355 e. The third-order valence-corrected chi connectivity index (χ3v) is 3.72. The first kappa shape index (κ1) is 19.9. The summed E-state index contributed by atoms with van der Waals surface area (Å²) < 4.78 is 0. The Labute approximate surface area is 145 Å². The van der Waals surface area contributed by atoms with Crippen LogP contribution in [-0.2, 0) is 0 Å². The van der Waals surface area contributed by atoms with Crippen LogP contribution in [0.1, 0.15) is 56.3 Å². The maximum Gasteiger partial charge on any atom is 0.252 e. The van der Waals surface area contributed by atoms with E-state index in [1.54, 1.807) is 31.6 Å². The molecule has 3 N–H and O–H groups in total. The molecule has 1 aromatic rings. The quantitative estimate of drug-likeness (QED) is 0.349. The fourth-order valence-electron chi connectivity index (χ4n) is 2.33. The maximum absolute atomic E-state index is 11.9. The van der Waals surface area contributed by atoms with Crippen LogP contribution in [0.25, 0.3) is 0 Å². The van der Waals surface area contributed by atoms with Crippen LogP contribution in [0, 0.1) is 0 Å². The Bertz CT molecular complexity index is 489. The van der Waals surface area contributed by atoms with Gasteiger partial charge in [-0.1, -0.05) is 32.6 Å². The molecule has 0 spiro atoms. The summed E-state index contributed by atoms with van der Waals surface area (Å²) >= 11 is 0. The summed E-state index contributed by atoms with van der Waals surface area (Å²) in [5.41, 5.74) is 0.570. The van der Waals surface area contributed by atoms with Crippen molar-refractivity contribution in [1.29, 1.82) is 0 Å². The summed E-state index contributed by atoms with van der Waals surface area (Å²) in [5, 5.41) is 9.45. The van der Waals surface area contributed by atoms with Gasteiger partial charge in [-0.3, -0.25) is 14.8 Å². The first-order chi connectivity index (χ1) is 11.7. The molecule has 0 aliphatic rings. The Morgan fingerprint density at radius 3 is 2.71 bits per heavy atom. The molecule has 1 rings (SSSR count). The van der Waals surface area contributed by atoms with Crippen LogP contribution in [0.15, 0.2) is 29.5 Å². The third-order valence-electron chi connectivity index (χ3n) is 3.72. The molecule has 0 saturated heterocycles. The number of rotatable bonds is 10. The molecule has 0 aromatic carbocycles. The van der Waals surface area contributed by atoms with Gasteiger partial charge in [-0.15, -0.1) is 0 Å². The Morgan fingerprint density at radius 2 is 2.04 bits per heavy atom. The van der Waals surface area contributed by atoms with Gasteiger partial charge >= 0.3 is 0 Å². The molecule has 0 aliphatic heterocycles. The lowest BCUT2D eigenvalue weighted by Crippen LogP contribution is -2.44. The lowest BCUT2D eigenvalue weighted by Gasteiger charge is -2.18. The number of nitrogens with zero attached hydrogens (tertiary/aromatic N) is 2. The number of nitrogens with one attached hydrogen (secondary N) is 3. The molecule has 0 fully saturated rings. The molecule has 1 aromatic heterocycles. The van der Waals surface area contributed by atoms with Crippen molar-refractivity contribution in [2.75, 3.05) is 20.1 Å². The molecule has 0 aliphatic carbocycles. The number of carbonyl (C=O) groups excluding carboxylic acids is 1. The van der Waals surface area contributed by atoms with Crippen LogP contribution < -0.4 is 16.0 Å². The minimum absolute atomic E-state index is 0.114. The van der Waals surface area contributed by atoms with Crippen molar-refractivity contribution in [2.24, 2.45) is 4.99 Å². The summed E-state index contributed by atoms with van der Waals surface area (Å²) in [6.07, 6.45) is 9.43. The van der Waals surface area contributed by atoms with E-state index in [0.717, 1.165) is 12.4 Å². The van der Waals surface area contributed by atoms with Crippen LogP contribution in [-0.4, -0.2) is 43.0 Å². The highest BCUT2D eigenvalue weighted by atomic mass is 16.1. The Hall–Kier alpha value is -2.11. The second-order valence-electron chi connectivity index (χ2n) is 5.89. The second-order valence-corrected chi connectivity index (χ2v) is 5.89. The third kappa shape index (κ3) is 8.50. The fraction of sp³-hybridized carbons (Fsp3) is 0.611. The van der Waals surface area contributed by atoms with Gasteiger partial charge in [0.1, 0.15) is 0 Å². The van der Waals surface area contributed by atoms with Gasteiger partial charge in [-0.2, -0.15) is 0 Å². The summed E-state index contributed by atoms with van der Waals surface area (Å²) in [7, 11) is 1.76. The fourth-order valence-corrected chi connectivity index (χ4v) is 2.33. The van der Waals surface area contributed by atoms with Crippen molar-refractivity contribution in [3.05, 3.63) is 30.1 Å². The molecule has 1 unspecified atom stereocenters. The predicted molar refractivity (Wildman–Crippen MR) is 99.3 cm³/mol. The van der Waals surface area contributed by atoms with Crippen molar-refractivity contribution < 1.29 is 4.79 Å². The Balaban J connectivity index is 2.18. The van der Waals surface area contributed by atoms with Crippen LogP contribution in [0.3, 0.4) is 0 Å². The normalized spacial score (nSPS) is 12.5.